The average Bonchev–Trinajstić information content (AvgIpc) is 2.52. The van der Waals surface area contributed by atoms with Crippen LogP contribution < -0.4 is 11.1 Å². The van der Waals surface area contributed by atoms with Crippen molar-refractivity contribution in [1.29, 1.82) is 0 Å². The van der Waals surface area contributed by atoms with Gasteiger partial charge in [-0.15, -0.1) is 0 Å². The second-order valence-corrected chi connectivity index (χ2v) is 5.99. The Morgan fingerprint density at radius 3 is 2.27 bits per heavy atom. The number of nitrogens with one attached hydrogen (secondary N) is 1. The van der Waals surface area contributed by atoms with Crippen LogP contribution in [0.25, 0.3) is 21.5 Å². The Kier molecular flexibility index (Phi) is 3.82. The molecule has 0 fully saturated rings. The molecule has 0 saturated heterocycles. The zero-order chi connectivity index (χ0) is 15.7. The summed E-state index contributed by atoms with van der Waals surface area (Å²) in [5, 5.41) is 7.46. The fraction of sp³-hybridized carbons (Fsp3) is 0.211. The van der Waals surface area contributed by atoms with Crippen molar-refractivity contribution < 1.29 is 4.79 Å². The van der Waals surface area contributed by atoms with Crippen LogP contribution in [0.5, 0.6) is 0 Å². The van der Waals surface area contributed by atoms with Gasteiger partial charge in [0.1, 0.15) is 0 Å². The van der Waals surface area contributed by atoms with Gasteiger partial charge in [0.25, 0.3) is 0 Å². The molecule has 0 aromatic heterocycles. The summed E-state index contributed by atoms with van der Waals surface area (Å²) in [6.07, 6.45) is 0. The van der Waals surface area contributed by atoms with Gasteiger partial charge < -0.3 is 11.1 Å². The van der Waals surface area contributed by atoms with E-state index in [9.17, 15) is 4.79 Å². The van der Waals surface area contributed by atoms with Crippen LogP contribution in [0.4, 0.5) is 5.69 Å². The maximum atomic E-state index is 12.2. The molecular weight excluding hydrogens is 272 g/mol. The number of hydrogen-bond donors (Lipinski definition) is 2. The van der Waals surface area contributed by atoms with Gasteiger partial charge in [-0.2, -0.15) is 0 Å². The Labute approximate surface area is 130 Å². The van der Waals surface area contributed by atoms with Crippen molar-refractivity contribution in [2.45, 2.75) is 19.9 Å². The third kappa shape index (κ3) is 2.68. The van der Waals surface area contributed by atoms with Crippen molar-refractivity contribution in [1.82, 2.24) is 0 Å². The van der Waals surface area contributed by atoms with E-state index in [1.807, 2.05) is 38.1 Å². The highest BCUT2D eigenvalue weighted by molar-refractivity contribution is 6.08. The topological polar surface area (TPSA) is 55.1 Å². The van der Waals surface area contributed by atoms with Crippen LogP contribution in [-0.4, -0.2) is 11.9 Å². The lowest BCUT2D eigenvalue weighted by Crippen LogP contribution is -2.39. The zero-order valence-electron chi connectivity index (χ0n) is 12.8. The quantitative estimate of drug-likeness (QED) is 0.719. The van der Waals surface area contributed by atoms with Gasteiger partial charge in [0.2, 0.25) is 5.91 Å². The second kappa shape index (κ2) is 5.78. The SMILES string of the molecule is CC(C)C(N)C(=O)Nc1cccc2cc3ccccc3cc12. The summed E-state index contributed by atoms with van der Waals surface area (Å²) in [6, 6.07) is 17.9. The standard InChI is InChI=1S/C19H20N2O/c1-12(2)18(20)19(22)21-17-9-5-8-15-10-13-6-3-4-7-14(13)11-16(15)17/h3-12,18H,20H2,1-2H3,(H,21,22). The number of nitrogens with two attached hydrogens (primary N) is 1. The van der Waals surface area contributed by atoms with E-state index in [0.717, 1.165) is 21.8 Å². The molecule has 1 atom stereocenters. The number of carbonyl (C=O) groups is 1. The number of fused-ring (bicyclic) bond motifs is 2. The molecule has 3 nitrogen and oxygen atoms in total. The average molecular weight is 292 g/mol. The van der Waals surface area contributed by atoms with Gasteiger partial charge in [0.05, 0.1) is 6.04 Å². The van der Waals surface area contributed by atoms with E-state index in [2.05, 4.69) is 35.6 Å². The molecule has 3 N–H and O–H groups in total. The number of carbonyl (C=O) groups excluding carboxylic acids is 1. The highest BCUT2D eigenvalue weighted by Gasteiger charge is 2.17. The lowest BCUT2D eigenvalue weighted by atomic mass is 10.0. The molecule has 0 bridgehead atoms. The number of amides is 1. The van der Waals surface area contributed by atoms with Gasteiger partial charge in [-0.3, -0.25) is 4.79 Å². The summed E-state index contributed by atoms with van der Waals surface area (Å²) < 4.78 is 0. The molecule has 22 heavy (non-hydrogen) atoms. The molecule has 0 aliphatic heterocycles. The van der Waals surface area contributed by atoms with E-state index in [-0.39, 0.29) is 11.8 Å². The summed E-state index contributed by atoms with van der Waals surface area (Å²) >= 11 is 0. The van der Waals surface area contributed by atoms with Crippen molar-refractivity contribution in [2.75, 3.05) is 5.32 Å². The van der Waals surface area contributed by atoms with Gasteiger partial charge >= 0.3 is 0 Å². The first-order valence-corrected chi connectivity index (χ1v) is 7.54. The van der Waals surface area contributed by atoms with Crippen LogP contribution in [0, 0.1) is 5.92 Å². The summed E-state index contributed by atoms with van der Waals surface area (Å²) in [5.41, 5.74) is 6.74. The first-order valence-electron chi connectivity index (χ1n) is 7.54. The first-order chi connectivity index (χ1) is 10.6. The van der Waals surface area contributed by atoms with Crippen LogP contribution in [0.2, 0.25) is 0 Å². The van der Waals surface area contributed by atoms with Gasteiger partial charge in [-0.05, 0) is 40.3 Å². The smallest absolute Gasteiger partial charge is 0.241 e. The Morgan fingerprint density at radius 2 is 1.59 bits per heavy atom. The van der Waals surface area contributed by atoms with Crippen molar-refractivity contribution >= 4 is 33.1 Å². The van der Waals surface area contributed by atoms with Crippen LogP contribution in [0.3, 0.4) is 0 Å². The second-order valence-electron chi connectivity index (χ2n) is 5.99. The van der Waals surface area contributed by atoms with Crippen LogP contribution in [-0.2, 0) is 4.79 Å². The Hall–Kier alpha value is -2.39. The molecule has 0 heterocycles. The molecule has 0 saturated carbocycles. The lowest BCUT2D eigenvalue weighted by molar-refractivity contribution is -0.118. The fourth-order valence-corrected chi connectivity index (χ4v) is 2.59. The molecule has 3 heteroatoms. The molecule has 0 spiro atoms. The van der Waals surface area contributed by atoms with E-state index >= 15 is 0 Å². The normalized spacial score (nSPS) is 12.7. The van der Waals surface area contributed by atoms with E-state index in [4.69, 9.17) is 5.73 Å². The lowest BCUT2D eigenvalue weighted by Gasteiger charge is -2.16. The van der Waals surface area contributed by atoms with E-state index in [0.29, 0.717) is 0 Å². The molecule has 112 valence electrons. The molecule has 0 radical (unpaired) electrons. The minimum absolute atomic E-state index is 0.107. The summed E-state index contributed by atoms with van der Waals surface area (Å²) in [7, 11) is 0. The van der Waals surface area contributed by atoms with E-state index in [1.165, 1.54) is 5.39 Å². The highest BCUT2D eigenvalue weighted by Crippen LogP contribution is 2.28. The molecule has 0 aliphatic carbocycles. The summed E-state index contributed by atoms with van der Waals surface area (Å²) in [6.45, 7) is 3.89. The highest BCUT2D eigenvalue weighted by atomic mass is 16.2. The molecule has 3 rings (SSSR count). The van der Waals surface area contributed by atoms with Crippen molar-refractivity contribution in [3.8, 4) is 0 Å². The fourth-order valence-electron chi connectivity index (χ4n) is 2.59. The van der Waals surface area contributed by atoms with E-state index in [1.54, 1.807) is 0 Å². The molecule has 0 aliphatic rings. The maximum Gasteiger partial charge on any atom is 0.241 e. The predicted octanol–water partition coefficient (Wildman–Crippen LogP) is 3.91. The van der Waals surface area contributed by atoms with E-state index < -0.39 is 6.04 Å². The minimum atomic E-state index is -0.504. The Morgan fingerprint density at radius 1 is 0.955 bits per heavy atom. The van der Waals surface area contributed by atoms with Crippen LogP contribution in [0.1, 0.15) is 13.8 Å². The van der Waals surface area contributed by atoms with Crippen molar-refractivity contribution in [2.24, 2.45) is 11.7 Å². The number of rotatable bonds is 3. The monoisotopic (exact) mass is 292 g/mol. The largest absolute Gasteiger partial charge is 0.324 e. The van der Waals surface area contributed by atoms with Crippen molar-refractivity contribution in [3.63, 3.8) is 0 Å². The Bertz CT molecular complexity index is 839. The third-order valence-corrected chi connectivity index (χ3v) is 4.03. The third-order valence-electron chi connectivity index (χ3n) is 4.03. The first kappa shape index (κ1) is 14.5. The number of anilines is 1. The molecule has 1 unspecified atom stereocenters. The summed E-state index contributed by atoms with van der Waals surface area (Å²) in [5.74, 6) is -0.0357. The number of hydrogen-bond acceptors (Lipinski definition) is 2. The van der Waals surface area contributed by atoms with Gasteiger partial charge in [0.15, 0.2) is 0 Å². The maximum absolute atomic E-state index is 12.2. The van der Waals surface area contributed by atoms with Gasteiger partial charge in [-0.1, -0.05) is 50.2 Å². The summed E-state index contributed by atoms with van der Waals surface area (Å²) in [4.78, 5) is 12.2. The van der Waals surface area contributed by atoms with Gasteiger partial charge in [0, 0.05) is 11.1 Å². The van der Waals surface area contributed by atoms with Gasteiger partial charge in [-0.25, -0.2) is 0 Å². The van der Waals surface area contributed by atoms with Crippen LogP contribution in [0.15, 0.2) is 54.6 Å². The zero-order valence-corrected chi connectivity index (χ0v) is 12.8. The molecule has 3 aromatic carbocycles. The molecule has 1 amide bonds. The molecule has 3 aromatic rings. The molecular formula is C19H20N2O. The van der Waals surface area contributed by atoms with Crippen molar-refractivity contribution in [3.05, 3.63) is 54.6 Å². The Balaban J connectivity index is 2.06. The van der Waals surface area contributed by atoms with Crippen LogP contribution >= 0.6 is 0 Å². The predicted molar refractivity (Wildman–Crippen MR) is 92.9 cm³/mol. The minimum Gasteiger partial charge on any atom is -0.324 e. The number of benzene rings is 3.